The van der Waals surface area contributed by atoms with Gasteiger partial charge in [-0.05, 0) is 69.8 Å². The van der Waals surface area contributed by atoms with Crippen molar-refractivity contribution in [3.8, 4) is 22.3 Å². The highest BCUT2D eigenvalue weighted by molar-refractivity contribution is 6.09. The zero-order chi connectivity index (χ0) is 33.8. The van der Waals surface area contributed by atoms with E-state index in [2.05, 4.69) is 205 Å². The third kappa shape index (κ3) is 4.43. The molecule has 0 saturated carbocycles. The van der Waals surface area contributed by atoms with Gasteiger partial charge in [-0.25, -0.2) is 0 Å². The van der Waals surface area contributed by atoms with E-state index in [-0.39, 0.29) is 0 Å². The van der Waals surface area contributed by atoms with Crippen molar-refractivity contribution in [2.45, 2.75) is 5.41 Å². The number of benzene rings is 8. The molecule has 0 bridgehead atoms. The number of rotatable bonds is 6. The number of para-hydroxylation sites is 3. The summed E-state index contributed by atoms with van der Waals surface area (Å²) in [5, 5.41) is 2.19. The standard InChI is InChI=1S/C49H33NO/c1-4-18-34(19-5-1)38-24-12-16-30-46(38)50(36-22-8-3-9-23-36)37-32-42-41-27-13-17-31-47(41)51-48(42)45(33-37)49(35-20-6-2-7-21-35)43-28-14-10-25-39(43)40-26-11-15-29-44(40)49/h1-33H. The Morgan fingerprint density at radius 1 is 0.392 bits per heavy atom. The molecule has 8 aromatic carbocycles. The Morgan fingerprint density at radius 3 is 1.65 bits per heavy atom. The van der Waals surface area contributed by atoms with E-state index in [4.69, 9.17) is 4.42 Å². The zero-order valence-corrected chi connectivity index (χ0v) is 27.9. The molecule has 0 N–H and O–H groups in total. The molecule has 0 spiro atoms. The van der Waals surface area contributed by atoms with Crippen LogP contribution in [0.5, 0.6) is 0 Å². The normalized spacial score (nSPS) is 12.9. The second-order valence-corrected chi connectivity index (χ2v) is 13.2. The molecule has 10 rings (SSSR count). The van der Waals surface area contributed by atoms with E-state index < -0.39 is 5.41 Å². The maximum Gasteiger partial charge on any atom is 0.140 e. The highest BCUT2D eigenvalue weighted by Gasteiger charge is 2.48. The summed E-state index contributed by atoms with van der Waals surface area (Å²) in [5.41, 5.74) is 14.1. The Hall–Kier alpha value is -6.64. The molecule has 2 nitrogen and oxygen atoms in total. The number of hydrogen-bond acceptors (Lipinski definition) is 2. The Kier molecular flexibility index (Phi) is 6.75. The van der Waals surface area contributed by atoms with Gasteiger partial charge in [0.1, 0.15) is 11.2 Å². The molecule has 240 valence electrons. The van der Waals surface area contributed by atoms with Gasteiger partial charge in [0.2, 0.25) is 0 Å². The average molecular weight is 652 g/mol. The summed E-state index contributed by atoms with van der Waals surface area (Å²) in [6, 6.07) is 72.1. The van der Waals surface area contributed by atoms with Gasteiger partial charge in [-0.1, -0.05) is 164 Å². The molecule has 0 unspecified atom stereocenters. The molecule has 1 aliphatic rings. The lowest BCUT2D eigenvalue weighted by atomic mass is 9.67. The molecular weight excluding hydrogens is 619 g/mol. The van der Waals surface area contributed by atoms with Crippen LogP contribution >= 0.6 is 0 Å². The van der Waals surface area contributed by atoms with E-state index in [1.165, 1.54) is 33.4 Å². The number of nitrogens with zero attached hydrogens (tertiary/aromatic N) is 1. The Labute approximate surface area is 297 Å². The largest absolute Gasteiger partial charge is 0.456 e. The lowest BCUT2D eigenvalue weighted by Crippen LogP contribution is -2.29. The van der Waals surface area contributed by atoms with Gasteiger partial charge >= 0.3 is 0 Å². The van der Waals surface area contributed by atoms with Gasteiger partial charge in [0.05, 0.1) is 11.1 Å². The molecule has 1 aromatic heterocycles. The molecule has 9 aromatic rings. The number of fused-ring (bicyclic) bond motifs is 6. The summed E-state index contributed by atoms with van der Waals surface area (Å²) >= 11 is 0. The van der Waals surface area contributed by atoms with E-state index in [9.17, 15) is 0 Å². The lowest BCUT2D eigenvalue weighted by Gasteiger charge is -2.35. The molecule has 0 aliphatic heterocycles. The van der Waals surface area contributed by atoms with Gasteiger partial charge in [0.15, 0.2) is 0 Å². The first-order valence-corrected chi connectivity index (χ1v) is 17.5. The minimum absolute atomic E-state index is 0.641. The first-order chi connectivity index (χ1) is 25.3. The molecule has 2 heteroatoms. The molecule has 51 heavy (non-hydrogen) atoms. The van der Waals surface area contributed by atoms with Crippen LogP contribution < -0.4 is 4.90 Å². The van der Waals surface area contributed by atoms with Gasteiger partial charge in [-0.3, -0.25) is 0 Å². The highest BCUT2D eigenvalue weighted by Crippen LogP contribution is 2.58. The Balaban J connectivity index is 1.37. The number of furan rings is 1. The monoisotopic (exact) mass is 651 g/mol. The van der Waals surface area contributed by atoms with E-state index in [1.807, 2.05) is 0 Å². The van der Waals surface area contributed by atoms with Crippen LogP contribution in [0.15, 0.2) is 205 Å². The van der Waals surface area contributed by atoms with Crippen molar-refractivity contribution >= 4 is 39.0 Å². The van der Waals surface area contributed by atoms with Crippen LogP contribution in [0.3, 0.4) is 0 Å². The average Bonchev–Trinajstić information content (AvgIpc) is 3.73. The second-order valence-electron chi connectivity index (χ2n) is 13.2. The van der Waals surface area contributed by atoms with E-state index in [0.717, 1.165) is 50.1 Å². The summed E-state index contributed by atoms with van der Waals surface area (Å²) < 4.78 is 6.99. The zero-order valence-electron chi connectivity index (χ0n) is 27.9. The Bertz CT molecular complexity index is 2650. The van der Waals surface area contributed by atoms with Crippen LogP contribution in [0.2, 0.25) is 0 Å². The molecular formula is C49H33NO. The minimum Gasteiger partial charge on any atom is -0.456 e. The third-order valence-corrected chi connectivity index (χ3v) is 10.5. The predicted octanol–water partition coefficient (Wildman–Crippen LogP) is 13.1. The van der Waals surface area contributed by atoms with Gasteiger partial charge < -0.3 is 9.32 Å². The van der Waals surface area contributed by atoms with Gasteiger partial charge in [0, 0.05) is 33.3 Å². The van der Waals surface area contributed by atoms with Crippen molar-refractivity contribution < 1.29 is 4.42 Å². The lowest BCUT2D eigenvalue weighted by molar-refractivity contribution is 0.648. The Morgan fingerprint density at radius 2 is 0.941 bits per heavy atom. The van der Waals surface area contributed by atoms with Gasteiger partial charge in [-0.2, -0.15) is 0 Å². The molecule has 0 saturated heterocycles. The second kappa shape index (κ2) is 11.8. The van der Waals surface area contributed by atoms with Crippen LogP contribution in [0.1, 0.15) is 22.3 Å². The highest BCUT2D eigenvalue weighted by atomic mass is 16.3. The van der Waals surface area contributed by atoms with E-state index in [1.54, 1.807) is 0 Å². The first-order valence-electron chi connectivity index (χ1n) is 17.5. The fourth-order valence-electron chi connectivity index (χ4n) is 8.43. The van der Waals surface area contributed by atoms with Crippen molar-refractivity contribution in [2.24, 2.45) is 0 Å². The molecule has 0 amide bonds. The first kappa shape index (κ1) is 29.3. The van der Waals surface area contributed by atoms with E-state index >= 15 is 0 Å². The molecule has 0 fully saturated rings. The fraction of sp³-hybridized carbons (Fsp3) is 0.0204. The SMILES string of the molecule is c1ccc(-c2ccccc2N(c2ccccc2)c2cc(C3(c4ccccc4)c4ccccc4-c4ccccc43)c3oc4ccccc4c3c2)cc1. The molecule has 0 radical (unpaired) electrons. The minimum atomic E-state index is -0.641. The summed E-state index contributed by atoms with van der Waals surface area (Å²) in [5.74, 6) is 0. The van der Waals surface area contributed by atoms with Crippen LogP contribution in [0.4, 0.5) is 17.1 Å². The summed E-state index contributed by atoms with van der Waals surface area (Å²) in [6.45, 7) is 0. The van der Waals surface area contributed by atoms with Crippen molar-refractivity contribution in [2.75, 3.05) is 4.90 Å². The smallest absolute Gasteiger partial charge is 0.140 e. The van der Waals surface area contributed by atoms with Crippen molar-refractivity contribution in [3.05, 3.63) is 222 Å². The molecule has 0 atom stereocenters. The van der Waals surface area contributed by atoms with Crippen molar-refractivity contribution in [3.63, 3.8) is 0 Å². The van der Waals surface area contributed by atoms with Gasteiger partial charge in [-0.15, -0.1) is 0 Å². The summed E-state index contributed by atoms with van der Waals surface area (Å²) in [7, 11) is 0. The van der Waals surface area contributed by atoms with E-state index in [0.29, 0.717) is 0 Å². The van der Waals surface area contributed by atoms with Crippen LogP contribution in [-0.4, -0.2) is 0 Å². The summed E-state index contributed by atoms with van der Waals surface area (Å²) in [6.07, 6.45) is 0. The molecule has 1 heterocycles. The quantitative estimate of drug-likeness (QED) is 0.178. The van der Waals surface area contributed by atoms with Crippen molar-refractivity contribution in [1.82, 2.24) is 0 Å². The topological polar surface area (TPSA) is 16.4 Å². The maximum absolute atomic E-state index is 6.99. The molecule has 1 aliphatic carbocycles. The number of hydrogen-bond donors (Lipinski definition) is 0. The fourth-order valence-corrected chi connectivity index (χ4v) is 8.43. The maximum atomic E-state index is 6.99. The van der Waals surface area contributed by atoms with Gasteiger partial charge in [0.25, 0.3) is 0 Å². The van der Waals surface area contributed by atoms with Crippen molar-refractivity contribution in [1.29, 1.82) is 0 Å². The van der Waals surface area contributed by atoms with Crippen LogP contribution in [0.25, 0.3) is 44.2 Å². The summed E-state index contributed by atoms with van der Waals surface area (Å²) in [4.78, 5) is 2.42. The predicted molar refractivity (Wildman–Crippen MR) is 211 cm³/mol. The third-order valence-electron chi connectivity index (χ3n) is 10.5. The number of anilines is 3. The van der Waals surface area contributed by atoms with Crippen LogP contribution in [0, 0.1) is 0 Å². The van der Waals surface area contributed by atoms with Crippen LogP contribution in [-0.2, 0) is 5.41 Å².